The molecule has 2 aromatic rings. The topological polar surface area (TPSA) is 55.8 Å². The van der Waals surface area contributed by atoms with E-state index in [1.807, 2.05) is 0 Å². The number of fused-ring (bicyclic) bond motifs is 3. The van der Waals surface area contributed by atoms with E-state index in [2.05, 4.69) is 9.47 Å². The molecule has 1 heterocycles. The molecule has 0 unspecified atom stereocenters. The number of carbonyl (C=O) groups is 1. The van der Waals surface area contributed by atoms with Crippen molar-refractivity contribution in [3.05, 3.63) is 42.0 Å². The maximum absolute atomic E-state index is 14.2. The highest BCUT2D eigenvalue weighted by Gasteiger charge is 2.75. The van der Waals surface area contributed by atoms with Crippen LogP contribution in [-0.2, 0) is 4.74 Å². The van der Waals surface area contributed by atoms with Crippen LogP contribution in [0.3, 0.4) is 0 Å². The zero-order valence-electron chi connectivity index (χ0n) is 13.0. The molecule has 0 fully saturated rings. The van der Waals surface area contributed by atoms with Crippen molar-refractivity contribution in [2.45, 2.75) is 30.6 Å². The lowest BCUT2D eigenvalue weighted by atomic mass is 9.91. The predicted molar refractivity (Wildman–Crippen MR) is 75.5 cm³/mol. The third-order valence-corrected chi connectivity index (χ3v) is 3.95. The van der Waals surface area contributed by atoms with E-state index in [0.29, 0.717) is 5.39 Å². The summed E-state index contributed by atoms with van der Waals surface area (Å²) in [6, 6.07) is 8.35. The Morgan fingerprint density at radius 3 is 2.26 bits per heavy atom. The molecule has 0 amide bonds. The molecule has 1 N–H and O–H groups in total. The molecular weight excluding hydrogens is 389 g/mol. The van der Waals surface area contributed by atoms with E-state index < -0.39 is 42.1 Å². The number of aliphatic hydroxyl groups is 1. The number of halogens is 7. The number of hydrogen-bond acceptors (Lipinski definition) is 4. The maximum Gasteiger partial charge on any atom is 0.527 e. The van der Waals surface area contributed by atoms with E-state index in [4.69, 9.17) is 0 Å². The molecule has 1 aliphatic rings. The smallest absolute Gasteiger partial charge is 0.454 e. The number of hydrogen-bond donors (Lipinski definition) is 1. The summed E-state index contributed by atoms with van der Waals surface area (Å²) < 4.78 is 98.4. The number of ether oxygens (including phenoxy) is 2. The lowest BCUT2D eigenvalue weighted by molar-refractivity contribution is -0.493. The van der Waals surface area contributed by atoms with Crippen LogP contribution in [0.5, 0.6) is 5.75 Å². The third kappa shape index (κ3) is 3.10. The standard InChI is InChI=1S/C16H9F7O4/c17-14(18,15(19,20)27-16(21,22)23)13(25)7-11(24)10-6-5-8-3-1-2-4-9(8)12(10)26-13/h1-6,25H,7H2/t13-/m0/s1. The fourth-order valence-electron chi connectivity index (χ4n) is 2.70. The fraction of sp³-hybridized carbons (Fsp3) is 0.312. The predicted octanol–water partition coefficient (Wildman–Crippen LogP) is 4.26. The molecule has 0 saturated heterocycles. The Hall–Kier alpha value is -2.40. The van der Waals surface area contributed by atoms with Crippen molar-refractivity contribution in [2.24, 2.45) is 0 Å². The minimum Gasteiger partial charge on any atom is -0.454 e. The van der Waals surface area contributed by atoms with Crippen molar-refractivity contribution in [1.82, 2.24) is 0 Å². The minimum atomic E-state index is -6.21. The van der Waals surface area contributed by atoms with E-state index >= 15 is 0 Å². The fourth-order valence-corrected chi connectivity index (χ4v) is 2.70. The third-order valence-electron chi connectivity index (χ3n) is 3.95. The molecule has 0 radical (unpaired) electrons. The second-order valence-electron chi connectivity index (χ2n) is 5.79. The summed E-state index contributed by atoms with van der Waals surface area (Å²) >= 11 is 0. The monoisotopic (exact) mass is 398 g/mol. The molecule has 0 bridgehead atoms. The Bertz CT molecular complexity index is 909. The van der Waals surface area contributed by atoms with Gasteiger partial charge in [-0.3, -0.25) is 4.79 Å². The highest BCUT2D eigenvalue weighted by Crippen LogP contribution is 2.51. The van der Waals surface area contributed by atoms with Crippen molar-refractivity contribution in [3.8, 4) is 5.75 Å². The minimum absolute atomic E-state index is 0.0253. The number of alkyl halides is 7. The van der Waals surface area contributed by atoms with E-state index in [1.54, 1.807) is 6.07 Å². The van der Waals surface area contributed by atoms with Gasteiger partial charge in [-0.25, -0.2) is 4.74 Å². The highest BCUT2D eigenvalue weighted by molar-refractivity contribution is 6.06. The van der Waals surface area contributed by atoms with Crippen molar-refractivity contribution in [2.75, 3.05) is 0 Å². The van der Waals surface area contributed by atoms with Crippen LogP contribution in [0, 0.1) is 0 Å². The van der Waals surface area contributed by atoms with Crippen LogP contribution in [0.4, 0.5) is 30.7 Å². The van der Waals surface area contributed by atoms with Gasteiger partial charge in [-0.1, -0.05) is 30.3 Å². The first-order valence-corrected chi connectivity index (χ1v) is 7.26. The Balaban J connectivity index is 2.10. The van der Waals surface area contributed by atoms with Crippen LogP contribution in [0.15, 0.2) is 36.4 Å². The van der Waals surface area contributed by atoms with E-state index in [-0.39, 0.29) is 10.9 Å². The summed E-state index contributed by atoms with van der Waals surface area (Å²) in [6.45, 7) is 0. The van der Waals surface area contributed by atoms with Gasteiger partial charge in [-0.05, 0) is 11.5 Å². The summed E-state index contributed by atoms with van der Waals surface area (Å²) in [5.74, 6) is -12.0. The quantitative estimate of drug-likeness (QED) is 0.786. The molecule has 1 aliphatic heterocycles. The number of ketones is 1. The normalized spacial score (nSPS) is 21.1. The molecular formula is C16H9F7O4. The van der Waals surface area contributed by atoms with Crippen LogP contribution in [-0.4, -0.2) is 35.1 Å². The van der Waals surface area contributed by atoms with Gasteiger partial charge in [0.25, 0.3) is 5.79 Å². The van der Waals surface area contributed by atoms with Gasteiger partial charge in [-0.15, -0.1) is 13.2 Å². The van der Waals surface area contributed by atoms with Gasteiger partial charge >= 0.3 is 18.4 Å². The van der Waals surface area contributed by atoms with Gasteiger partial charge in [0.05, 0.1) is 12.0 Å². The molecule has 3 rings (SSSR count). The van der Waals surface area contributed by atoms with Gasteiger partial charge in [0.15, 0.2) is 5.78 Å². The molecule has 1 atom stereocenters. The summed E-state index contributed by atoms with van der Waals surface area (Å²) in [5, 5.41) is 10.4. The van der Waals surface area contributed by atoms with Gasteiger partial charge in [0.1, 0.15) is 5.75 Å². The van der Waals surface area contributed by atoms with Crippen LogP contribution >= 0.6 is 0 Å². The number of Topliss-reactive ketones (excluding diaryl/α,β-unsaturated/α-hetero) is 1. The first-order chi connectivity index (χ1) is 12.3. The number of benzene rings is 2. The van der Waals surface area contributed by atoms with E-state index in [0.717, 1.165) is 0 Å². The molecule has 0 spiro atoms. The Kier molecular flexibility index (Phi) is 4.16. The van der Waals surface area contributed by atoms with Gasteiger partial charge in [0.2, 0.25) is 0 Å². The summed E-state index contributed by atoms with van der Waals surface area (Å²) in [5.41, 5.74) is -0.283. The summed E-state index contributed by atoms with van der Waals surface area (Å²) in [4.78, 5) is 12.1. The first kappa shape index (κ1) is 19.4. The van der Waals surface area contributed by atoms with Crippen LogP contribution in [0.2, 0.25) is 0 Å². The van der Waals surface area contributed by atoms with Gasteiger partial charge in [0, 0.05) is 5.39 Å². The second kappa shape index (κ2) is 5.80. The molecule has 4 nitrogen and oxygen atoms in total. The molecule has 2 aromatic carbocycles. The Morgan fingerprint density at radius 1 is 1.00 bits per heavy atom. The van der Waals surface area contributed by atoms with Crippen molar-refractivity contribution in [1.29, 1.82) is 0 Å². The summed E-state index contributed by atoms with van der Waals surface area (Å²) in [6.07, 6.45) is -14.0. The zero-order valence-corrected chi connectivity index (χ0v) is 13.0. The van der Waals surface area contributed by atoms with Crippen molar-refractivity contribution in [3.63, 3.8) is 0 Å². The number of rotatable bonds is 3. The largest absolute Gasteiger partial charge is 0.527 e. The zero-order chi connectivity index (χ0) is 20.3. The molecule has 27 heavy (non-hydrogen) atoms. The van der Waals surface area contributed by atoms with E-state index in [1.165, 1.54) is 30.3 Å². The second-order valence-corrected chi connectivity index (χ2v) is 5.79. The van der Waals surface area contributed by atoms with Crippen LogP contribution < -0.4 is 4.74 Å². The Morgan fingerprint density at radius 2 is 1.63 bits per heavy atom. The Labute approximate surface area is 146 Å². The molecule has 0 aliphatic carbocycles. The van der Waals surface area contributed by atoms with Crippen molar-refractivity contribution >= 4 is 16.6 Å². The first-order valence-electron chi connectivity index (χ1n) is 7.26. The number of carbonyl (C=O) groups excluding carboxylic acids is 1. The molecule has 0 saturated carbocycles. The van der Waals surface area contributed by atoms with E-state index in [9.17, 15) is 40.6 Å². The highest BCUT2D eigenvalue weighted by atomic mass is 19.4. The lowest BCUT2D eigenvalue weighted by Crippen LogP contribution is -2.65. The summed E-state index contributed by atoms with van der Waals surface area (Å²) in [7, 11) is 0. The molecule has 11 heteroatoms. The average Bonchev–Trinajstić information content (AvgIpc) is 2.52. The van der Waals surface area contributed by atoms with Crippen LogP contribution in [0.25, 0.3) is 10.8 Å². The van der Waals surface area contributed by atoms with Gasteiger partial charge < -0.3 is 9.84 Å². The molecule has 146 valence electrons. The SMILES string of the molecule is O=C1C[C@@](O)(C(F)(F)C(F)(F)OC(F)(F)F)Oc2c1ccc1ccccc21. The van der Waals surface area contributed by atoms with Crippen molar-refractivity contribution < 1.29 is 50.1 Å². The average molecular weight is 398 g/mol. The lowest BCUT2D eigenvalue weighted by Gasteiger charge is -2.41. The maximum atomic E-state index is 14.2. The molecule has 0 aromatic heterocycles. The van der Waals surface area contributed by atoms with Crippen LogP contribution in [0.1, 0.15) is 16.8 Å². The van der Waals surface area contributed by atoms with Gasteiger partial charge in [-0.2, -0.15) is 17.6 Å².